The predicted molar refractivity (Wildman–Crippen MR) is 64.8 cm³/mol. The van der Waals surface area contributed by atoms with E-state index in [-0.39, 0.29) is 5.91 Å². The van der Waals surface area contributed by atoms with Crippen LogP contribution in [0.15, 0.2) is 17.5 Å². The third kappa shape index (κ3) is 2.83. The van der Waals surface area contributed by atoms with Gasteiger partial charge >= 0.3 is 0 Å². The van der Waals surface area contributed by atoms with Crippen LogP contribution in [0.25, 0.3) is 0 Å². The molecule has 1 rings (SSSR count). The minimum atomic E-state index is -0.937. The molecule has 1 aromatic heterocycles. The van der Waals surface area contributed by atoms with Crippen molar-refractivity contribution in [1.29, 1.82) is 5.26 Å². The third-order valence-corrected chi connectivity index (χ3v) is 3.27. The molecule has 0 saturated carbocycles. The van der Waals surface area contributed by atoms with E-state index in [9.17, 15) is 4.79 Å². The van der Waals surface area contributed by atoms with Crippen LogP contribution < -0.4 is 0 Å². The van der Waals surface area contributed by atoms with Crippen LogP contribution >= 0.6 is 11.3 Å². The molecular formula is C12H16N2OS. The summed E-state index contributed by atoms with van der Waals surface area (Å²) in [7, 11) is 0. The number of nitriles is 1. The van der Waals surface area contributed by atoms with E-state index in [2.05, 4.69) is 0 Å². The summed E-state index contributed by atoms with van der Waals surface area (Å²) < 4.78 is 0. The van der Waals surface area contributed by atoms with Gasteiger partial charge in [-0.25, -0.2) is 0 Å². The van der Waals surface area contributed by atoms with E-state index in [1.54, 1.807) is 30.1 Å². The quantitative estimate of drug-likeness (QED) is 0.806. The smallest absolute Gasteiger partial charge is 0.242 e. The molecule has 4 heteroatoms. The van der Waals surface area contributed by atoms with Crippen LogP contribution in [0.3, 0.4) is 0 Å². The molecule has 0 fully saturated rings. The lowest BCUT2D eigenvalue weighted by Crippen LogP contribution is -2.39. The number of amides is 1. The van der Waals surface area contributed by atoms with E-state index < -0.39 is 5.41 Å². The molecule has 0 aromatic carbocycles. The van der Waals surface area contributed by atoms with Crippen LogP contribution in [-0.4, -0.2) is 17.4 Å². The fourth-order valence-electron chi connectivity index (χ4n) is 1.36. The first-order valence-electron chi connectivity index (χ1n) is 5.24. The molecule has 0 spiro atoms. The summed E-state index contributed by atoms with van der Waals surface area (Å²) >= 11 is 1.63. The highest BCUT2D eigenvalue weighted by Gasteiger charge is 2.31. The molecule has 0 radical (unpaired) electrons. The van der Waals surface area contributed by atoms with E-state index in [0.717, 1.165) is 4.88 Å². The molecule has 0 unspecified atom stereocenters. The summed E-state index contributed by atoms with van der Waals surface area (Å²) in [5.74, 6) is -0.106. The Balaban J connectivity index is 2.76. The van der Waals surface area contributed by atoms with E-state index in [1.807, 2.05) is 30.5 Å². The van der Waals surface area contributed by atoms with Crippen molar-refractivity contribution < 1.29 is 4.79 Å². The molecule has 0 atom stereocenters. The largest absolute Gasteiger partial charge is 0.336 e. The number of hydrogen-bond acceptors (Lipinski definition) is 3. The second-order valence-electron chi connectivity index (χ2n) is 4.14. The Bertz CT molecular complexity index is 390. The SMILES string of the molecule is CCN(Cc1cccs1)C(=O)C(C)(C)C#N. The first-order valence-corrected chi connectivity index (χ1v) is 6.12. The Labute approximate surface area is 100 Å². The van der Waals surface area contributed by atoms with Gasteiger partial charge in [-0.15, -0.1) is 11.3 Å². The van der Waals surface area contributed by atoms with Gasteiger partial charge in [-0.1, -0.05) is 6.07 Å². The highest BCUT2D eigenvalue weighted by Crippen LogP contribution is 2.20. The third-order valence-electron chi connectivity index (χ3n) is 2.41. The fourth-order valence-corrected chi connectivity index (χ4v) is 2.08. The number of rotatable bonds is 4. The fraction of sp³-hybridized carbons (Fsp3) is 0.500. The van der Waals surface area contributed by atoms with E-state index in [1.165, 1.54) is 0 Å². The summed E-state index contributed by atoms with van der Waals surface area (Å²) in [6.45, 7) is 6.47. The van der Waals surface area contributed by atoms with Gasteiger partial charge in [-0.2, -0.15) is 5.26 Å². The molecule has 0 aliphatic rings. The second-order valence-corrected chi connectivity index (χ2v) is 5.17. The lowest BCUT2D eigenvalue weighted by atomic mass is 9.94. The van der Waals surface area contributed by atoms with Gasteiger partial charge in [0.25, 0.3) is 0 Å². The van der Waals surface area contributed by atoms with Crippen molar-refractivity contribution in [3.63, 3.8) is 0 Å². The predicted octanol–water partition coefficient (Wildman–Crippen LogP) is 2.65. The number of hydrogen-bond donors (Lipinski definition) is 0. The molecule has 1 heterocycles. The van der Waals surface area contributed by atoms with E-state index in [0.29, 0.717) is 13.1 Å². The monoisotopic (exact) mass is 236 g/mol. The molecule has 1 amide bonds. The van der Waals surface area contributed by atoms with Gasteiger partial charge < -0.3 is 4.90 Å². The van der Waals surface area contributed by atoms with Crippen molar-refractivity contribution in [2.24, 2.45) is 5.41 Å². The van der Waals surface area contributed by atoms with Gasteiger partial charge in [-0.3, -0.25) is 4.79 Å². The Morgan fingerprint density at radius 2 is 2.31 bits per heavy atom. The molecule has 0 saturated heterocycles. The zero-order valence-corrected chi connectivity index (χ0v) is 10.7. The summed E-state index contributed by atoms with van der Waals surface area (Å²) in [6.07, 6.45) is 0. The number of thiophene rings is 1. The normalized spacial score (nSPS) is 10.9. The lowest BCUT2D eigenvalue weighted by Gasteiger charge is -2.26. The maximum absolute atomic E-state index is 12.1. The Kier molecular flexibility index (Phi) is 4.08. The van der Waals surface area contributed by atoms with Gasteiger partial charge in [0.15, 0.2) is 0 Å². The Hall–Kier alpha value is -1.34. The Morgan fingerprint density at radius 1 is 1.62 bits per heavy atom. The van der Waals surface area contributed by atoms with Gasteiger partial charge in [0.2, 0.25) is 5.91 Å². The van der Waals surface area contributed by atoms with Gasteiger partial charge in [0.05, 0.1) is 12.6 Å². The summed E-state index contributed by atoms with van der Waals surface area (Å²) in [6, 6.07) is 6.01. The van der Waals surface area contributed by atoms with Gasteiger partial charge in [0.1, 0.15) is 5.41 Å². The molecule has 16 heavy (non-hydrogen) atoms. The molecule has 3 nitrogen and oxygen atoms in total. The van der Waals surface area contributed by atoms with Gasteiger partial charge in [-0.05, 0) is 32.2 Å². The average molecular weight is 236 g/mol. The summed E-state index contributed by atoms with van der Waals surface area (Å²) in [4.78, 5) is 14.9. The first kappa shape index (κ1) is 12.7. The van der Waals surface area contributed by atoms with E-state index in [4.69, 9.17) is 5.26 Å². The maximum atomic E-state index is 12.1. The van der Waals surface area contributed by atoms with Crippen molar-refractivity contribution in [1.82, 2.24) is 4.90 Å². The van der Waals surface area contributed by atoms with Crippen molar-refractivity contribution in [3.05, 3.63) is 22.4 Å². The van der Waals surface area contributed by atoms with Crippen LogP contribution in [0, 0.1) is 16.7 Å². The highest BCUT2D eigenvalue weighted by molar-refractivity contribution is 7.09. The van der Waals surface area contributed by atoms with Crippen molar-refractivity contribution in [2.75, 3.05) is 6.54 Å². The molecule has 86 valence electrons. The van der Waals surface area contributed by atoms with Crippen LogP contribution in [0.5, 0.6) is 0 Å². The first-order chi connectivity index (χ1) is 7.51. The standard InChI is InChI=1S/C12H16N2OS/c1-4-14(8-10-6-5-7-16-10)11(15)12(2,3)9-13/h5-7H,4,8H2,1-3H3. The molecular weight excluding hydrogens is 220 g/mol. The molecule has 0 aliphatic heterocycles. The average Bonchev–Trinajstić information content (AvgIpc) is 2.77. The molecule has 0 aliphatic carbocycles. The molecule has 0 bridgehead atoms. The number of nitrogens with zero attached hydrogens (tertiary/aromatic N) is 2. The van der Waals surface area contributed by atoms with Crippen molar-refractivity contribution in [3.8, 4) is 6.07 Å². The van der Waals surface area contributed by atoms with Crippen LogP contribution in [0.4, 0.5) is 0 Å². The van der Waals surface area contributed by atoms with Crippen LogP contribution in [0.1, 0.15) is 25.6 Å². The second kappa shape index (κ2) is 5.13. The topological polar surface area (TPSA) is 44.1 Å². The Morgan fingerprint density at radius 3 is 2.75 bits per heavy atom. The van der Waals surface area contributed by atoms with Crippen molar-refractivity contribution in [2.45, 2.75) is 27.3 Å². The minimum absolute atomic E-state index is 0.106. The minimum Gasteiger partial charge on any atom is -0.336 e. The molecule has 1 aromatic rings. The zero-order chi connectivity index (χ0) is 12.2. The number of carbonyl (C=O) groups is 1. The van der Waals surface area contributed by atoms with E-state index >= 15 is 0 Å². The van der Waals surface area contributed by atoms with Crippen LogP contribution in [0.2, 0.25) is 0 Å². The van der Waals surface area contributed by atoms with Crippen molar-refractivity contribution >= 4 is 17.2 Å². The number of carbonyl (C=O) groups excluding carboxylic acids is 1. The molecule has 0 N–H and O–H groups in total. The van der Waals surface area contributed by atoms with Gasteiger partial charge in [0, 0.05) is 11.4 Å². The zero-order valence-electron chi connectivity index (χ0n) is 9.86. The van der Waals surface area contributed by atoms with Crippen LogP contribution in [-0.2, 0) is 11.3 Å². The lowest BCUT2D eigenvalue weighted by molar-refractivity contribution is -0.137. The summed E-state index contributed by atoms with van der Waals surface area (Å²) in [5, 5.41) is 10.9. The maximum Gasteiger partial charge on any atom is 0.242 e. The highest BCUT2D eigenvalue weighted by atomic mass is 32.1. The summed E-state index contributed by atoms with van der Waals surface area (Å²) in [5.41, 5.74) is -0.937.